The van der Waals surface area contributed by atoms with Gasteiger partial charge in [0.05, 0.1) is 6.20 Å². The standard InChI is InChI=1S/C7H9FN2O2S/c1-5-6(3-10-13(11)12)2-7(8)4-9-5/h2,4,13H,3H2,1H3,(H,10,11,12). The van der Waals surface area contributed by atoms with Crippen molar-refractivity contribution in [1.82, 2.24) is 9.71 Å². The molecule has 0 aliphatic carbocycles. The highest BCUT2D eigenvalue weighted by atomic mass is 32.2. The Hall–Kier alpha value is -1.01. The van der Waals surface area contributed by atoms with E-state index in [4.69, 9.17) is 0 Å². The van der Waals surface area contributed by atoms with Crippen LogP contribution in [0.15, 0.2) is 12.3 Å². The van der Waals surface area contributed by atoms with Gasteiger partial charge in [-0.1, -0.05) is 0 Å². The third kappa shape index (κ3) is 3.08. The highest BCUT2D eigenvalue weighted by Crippen LogP contribution is 2.06. The zero-order valence-corrected chi connectivity index (χ0v) is 7.85. The molecule has 0 atom stereocenters. The number of thiol groups is 1. The highest BCUT2D eigenvalue weighted by molar-refractivity contribution is 7.70. The van der Waals surface area contributed by atoms with Gasteiger partial charge in [0.15, 0.2) is 0 Å². The van der Waals surface area contributed by atoms with Crippen molar-refractivity contribution in [1.29, 1.82) is 0 Å². The fourth-order valence-electron chi connectivity index (χ4n) is 0.878. The fraction of sp³-hybridized carbons (Fsp3) is 0.286. The van der Waals surface area contributed by atoms with Crippen molar-refractivity contribution in [3.63, 3.8) is 0 Å². The van der Waals surface area contributed by atoms with Crippen molar-refractivity contribution in [2.75, 3.05) is 0 Å². The summed E-state index contributed by atoms with van der Waals surface area (Å²) in [6.45, 7) is 1.77. The van der Waals surface area contributed by atoms with Crippen molar-refractivity contribution in [3.05, 3.63) is 29.3 Å². The molecule has 4 nitrogen and oxygen atoms in total. The first kappa shape index (κ1) is 10.1. The zero-order chi connectivity index (χ0) is 9.84. The molecule has 0 amide bonds. The molecule has 1 heterocycles. The topological polar surface area (TPSA) is 59.1 Å². The number of hydrogen-bond donors (Lipinski definition) is 2. The summed E-state index contributed by atoms with van der Waals surface area (Å²) >= 11 is 0. The Morgan fingerprint density at radius 3 is 2.92 bits per heavy atom. The largest absolute Gasteiger partial charge is 0.258 e. The molecular weight excluding hydrogens is 195 g/mol. The average Bonchev–Trinajstić information content (AvgIpc) is 2.06. The third-order valence-electron chi connectivity index (χ3n) is 1.56. The number of nitrogens with zero attached hydrogens (tertiary/aromatic N) is 1. The zero-order valence-electron chi connectivity index (χ0n) is 6.95. The summed E-state index contributed by atoms with van der Waals surface area (Å²) in [5.74, 6) is -0.469. The molecule has 1 N–H and O–H groups in total. The molecule has 0 fully saturated rings. The molecular formula is C7H9FN2O2S. The van der Waals surface area contributed by atoms with Crippen LogP contribution in [0.2, 0.25) is 0 Å². The third-order valence-corrected chi connectivity index (χ3v) is 1.97. The average molecular weight is 204 g/mol. The maximum Gasteiger partial charge on any atom is 0.201 e. The van der Waals surface area contributed by atoms with Crippen molar-refractivity contribution >= 4 is 10.9 Å². The Balaban J connectivity index is 2.81. The molecule has 1 rings (SSSR count). The van der Waals surface area contributed by atoms with Crippen LogP contribution in [0.5, 0.6) is 0 Å². The lowest BCUT2D eigenvalue weighted by molar-refractivity contribution is 0.598. The summed E-state index contributed by atoms with van der Waals surface area (Å²) in [4.78, 5) is 3.74. The van der Waals surface area contributed by atoms with Crippen LogP contribution in [-0.2, 0) is 17.4 Å². The van der Waals surface area contributed by atoms with Gasteiger partial charge in [0, 0.05) is 12.2 Å². The Bertz CT molecular complexity index is 371. The number of aromatic nitrogens is 1. The number of hydrogen-bond acceptors (Lipinski definition) is 3. The summed E-state index contributed by atoms with van der Waals surface area (Å²) in [5, 5.41) is 0. The molecule has 72 valence electrons. The van der Waals surface area contributed by atoms with E-state index in [2.05, 4.69) is 9.71 Å². The Morgan fingerprint density at radius 1 is 1.62 bits per heavy atom. The van der Waals surface area contributed by atoms with Crippen molar-refractivity contribution < 1.29 is 12.8 Å². The number of rotatable bonds is 3. The lowest BCUT2D eigenvalue weighted by Gasteiger charge is -2.02. The molecule has 1 aromatic rings. The van der Waals surface area contributed by atoms with Gasteiger partial charge in [-0.25, -0.2) is 17.5 Å². The van der Waals surface area contributed by atoms with E-state index >= 15 is 0 Å². The molecule has 0 bridgehead atoms. The first-order valence-electron chi connectivity index (χ1n) is 3.58. The molecule has 0 saturated carbocycles. The molecule has 0 aliphatic heterocycles. The number of nitrogens with one attached hydrogen (secondary N) is 1. The van der Waals surface area contributed by atoms with Crippen molar-refractivity contribution in [3.8, 4) is 0 Å². The molecule has 13 heavy (non-hydrogen) atoms. The van der Waals surface area contributed by atoms with Crippen LogP contribution in [0.4, 0.5) is 4.39 Å². The van der Waals surface area contributed by atoms with Gasteiger partial charge >= 0.3 is 0 Å². The normalized spacial score (nSPS) is 10.7. The molecule has 0 spiro atoms. The Kier molecular flexibility index (Phi) is 3.32. The minimum atomic E-state index is -2.65. The molecule has 0 aromatic carbocycles. The van der Waals surface area contributed by atoms with Crippen molar-refractivity contribution in [2.24, 2.45) is 0 Å². The summed E-state index contributed by atoms with van der Waals surface area (Å²) < 4.78 is 35.2. The van der Waals surface area contributed by atoms with Crippen LogP contribution in [-0.4, -0.2) is 13.4 Å². The second-order valence-electron chi connectivity index (χ2n) is 2.49. The van der Waals surface area contributed by atoms with Crippen LogP contribution in [0.1, 0.15) is 11.3 Å². The lowest BCUT2D eigenvalue weighted by atomic mass is 10.2. The number of pyridine rings is 1. The summed E-state index contributed by atoms with van der Waals surface area (Å²) in [5.41, 5.74) is 1.16. The summed E-state index contributed by atoms with van der Waals surface area (Å²) in [6, 6.07) is 1.26. The quantitative estimate of drug-likeness (QED) is 0.689. The Labute approximate surface area is 76.9 Å². The van der Waals surface area contributed by atoms with Crippen LogP contribution in [0.25, 0.3) is 0 Å². The first-order valence-corrected chi connectivity index (χ1v) is 4.76. The second-order valence-corrected chi connectivity index (χ2v) is 3.32. The number of aryl methyl sites for hydroxylation is 1. The van der Waals surface area contributed by atoms with Gasteiger partial charge in [-0.05, 0) is 18.6 Å². The van der Waals surface area contributed by atoms with Gasteiger partial charge in [0.2, 0.25) is 10.9 Å². The molecule has 0 aliphatic rings. The fourth-order valence-corrected chi connectivity index (χ4v) is 1.18. The van der Waals surface area contributed by atoms with Crippen LogP contribution in [0, 0.1) is 12.7 Å². The predicted molar refractivity (Wildman–Crippen MR) is 46.1 cm³/mol. The minimum absolute atomic E-state index is 0.0787. The van der Waals surface area contributed by atoms with E-state index in [0.29, 0.717) is 11.3 Å². The molecule has 0 saturated heterocycles. The van der Waals surface area contributed by atoms with Gasteiger partial charge in [-0.15, -0.1) is 0 Å². The van der Waals surface area contributed by atoms with E-state index in [1.807, 2.05) is 0 Å². The second kappa shape index (κ2) is 4.29. The highest BCUT2D eigenvalue weighted by Gasteiger charge is 2.01. The summed E-state index contributed by atoms with van der Waals surface area (Å²) in [6.07, 6.45) is 1.09. The van der Waals surface area contributed by atoms with Gasteiger partial charge in [-0.3, -0.25) is 4.98 Å². The van der Waals surface area contributed by atoms with E-state index < -0.39 is 16.7 Å². The van der Waals surface area contributed by atoms with Crippen LogP contribution in [0.3, 0.4) is 0 Å². The van der Waals surface area contributed by atoms with E-state index in [0.717, 1.165) is 6.20 Å². The van der Waals surface area contributed by atoms with Crippen molar-refractivity contribution in [2.45, 2.75) is 13.5 Å². The van der Waals surface area contributed by atoms with E-state index in [-0.39, 0.29) is 6.54 Å². The number of halogens is 1. The molecule has 0 unspecified atom stereocenters. The van der Waals surface area contributed by atoms with Gasteiger partial charge in [0.25, 0.3) is 0 Å². The summed E-state index contributed by atoms with van der Waals surface area (Å²) in [7, 11) is -2.65. The smallest absolute Gasteiger partial charge is 0.201 e. The maximum absolute atomic E-state index is 12.6. The molecule has 0 radical (unpaired) electrons. The van der Waals surface area contributed by atoms with E-state index in [1.54, 1.807) is 6.92 Å². The predicted octanol–water partition coefficient (Wildman–Crippen LogP) is 0.145. The van der Waals surface area contributed by atoms with Crippen LogP contribution < -0.4 is 4.72 Å². The van der Waals surface area contributed by atoms with Crippen LogP contribution >= 0.6 is 0 Å². The maximum atomic E-state index is 12.6. The molecule has 1 aromatic heterocycles. The first-order chi connectivity index (χ1) is 6.09. The van der Waals surface area contributed by atoms with Gasteiger partial charge in [0.1, 0.15) is 5.82 Å². The van der Waals surface area contributed by atoms with Gasteiger partial charge in [-0.2, -0.15) is 0 Å². The Morgan fingerprint density at radius 2 is 2.31 bits per heavy atom. The minimum Gasteiger partial charge on any atom is -0.258 e. The molecule has 6 heteroatoms. The van der Waals surface area contributed by atoms with Gasteiger partial charge < -0.3 is 0 Å². The lowest BCUT2D eigenvalue weighted by Crippen LogP contribution is -2.12. The van der Waals surface area contributed by atoms with E-state index in [1.165, 1.54) is 6.07 Å². The van der Waals surface area contributed by atoms with E-state index in [9.17, 15) is 12.8 Å². The SMILES string of the molecule is Cc1ncc(F)cc1CN[SH](=O)=O. The monoisotopic (exact) mass is 204 g/mol.